The minimum atomic E-state index is -0.000559. The molecule has 0 aliphatic heterocycles. The Bertz CT molecular complexity index is 1860. The number of aliphatic hydroxyl groups excluding tert-OH is 1. The molecule has 3 heterocycles. The van der Waals surface area contributed by atoms with Gasteiger partial charge in [0.05, 0.1) is 11.5 Å². The van der Waals surface area contributed by atoms with E-state index in [4.69, 9.17) is 4.42 Å². The van der Waals surface area contributed by atoms with Crippen LogP contribution in [-0.4, -0.2) is 25.8 Å². The molecule has 0 fully saturated rings. The number of aliphatic hydroxyl groups is 1. The van der Waals surface area contributed by atoms with E-state index in [-0.39, 0.29) is 48.9 Å². The fourth-order valence-electron chi connectivity index (χ4n) is 6.11. The van der Waals surface area contributed by atoms with E-state index >= 15 is 0 Å². The van der Waals surface area contributed by atoms with Gasteiger partial charge in [0.25, 0.3) is 0 Å². The monoisotopic (exact) mass is 839 g/mol. The molecule has 1 radical (unpaired) electrons. The van der Waals surface area contributed by atoms with Crippen LogP contribution in [0.4, 0.5) is 0 Å². The third kappa shape index (κ3) is 9.95. The Morgan fingerprint density at radius 2 is 1.55 bits per heavy atom. The van der Waals surface area contributed by atoms with Gasteiger partial charge in [0, 0.05) is 72.6 Å². The first kappa shape index (κ1) is 39.8. The summed E-state index contributed by atoms with van der Waals surface area (Å²) in [5.41, 5.74) is 6.71. The van der Waals surface area contributed by atoms with Gasteiger partial charge >= 0.3 is 0 Å². The Balaban J connectivity index is 0.000000347. The van der Waals surface area contributed by atoms with Crippen LogP contribution in [0.15, 0.2) is 77.5 Å². The van der Waals surface area contributed by atoms with E-state index in [0.29, 0.717) is 5.92 Å². The smallest absolute Gasteiger partial charge is 0.162 e. The number of benzene rings is 2. The first-order valence-corrected chi connectivity index (χ1v) is 17.5. The molecule has 0 spiro atoms. The van der Waals surface area contributed by atoms with Gasteiger partial charge in [-0.2, -0.15) is 0 Å². The molecule has 0 saturated carbocycles. The standard InChI is InChI=1S/C29H28N3O.C13H24O2.Ir/c1-18(2)10-21-13-28-23(15-30-21)24(16-33-28)27-14-26(31-17-32-27)20-11-19-8-6-7-9-22(19)25(12-20)29(3,4)5;1-5-10(6-2)12(14)9-13(15)11(7-3)8-4;/h6-9,12-18H,10H2,1-5H3;9-11,14H,5-8H2,1-4H3;/q-1;;/b;12-9-;. The number of carbonyl (C=O) groups excluding carboxylic acids is 1. The second-order valence-corrected chi connectivity index (χ2v) is 14.1. The minimum absolute atomic E-state index is 0. The summed E-state index contributed by atoms with van der Waals surface area (Å²) in [6.07, 6.45) is 11.1. The molecule has 5 rings (SSSR count). The van der Waals surface area contributed by atoms with Crippen LogP contribution in [0.1, 0.15) is 99.3 Å². The Labute approximate surface area is 306 Å². The SMILES string of the molecule is CC(C)Cc1cc2occ(-c3cc(-c4[c-]c5ccccc5c(C(C)(C)C)c4)ncn3)c2cn1.CCC(CC)C(=O)/C=C(\O)C(CC)CC.[Ir]. The zero-order valence-corrected chi connectivity index (χ0v) is 33.0. The molecule has 1 N–H and O–H groups in total. The number of ketones is 1. The van der Waals surface area contributed by atoms with Gasteiger partial charge in [0.15, 0.2) is 5.78 Å². The summed E-state index contributed by atoms with van der Waals surface area (Å²) in [7, 11) is 0. The maximum absolute atomic E-state index is 11.7. The maximum atomic E-state index is 11.7. The van der Waals surface area contributed by atoms with Crippen LogP contribution in [0.3, 0.4) is 0 Å². The van der Waals surface area contributed by atoms with Crippen molar-refractivity contribution in [3.8, 4) is 22.5 Å². The molecule has 2 aromatic carbocycles. The summed E-state index contributed by atoms with van der Waals surface area (Å²) in [6, 6.07) is 18.2. The number of fused-ring (bicyclic) bond motifs is 2. The van der Waals surface area contributed by atoms with E-state index < -0.39 is 0 Å². The van der Waals surface area contributed by atoms with Crippen LogP contribution in [0.25, 0.3) is 44.3 Å². The van der Waals surface area contributed by atoms with Gasteiger partial charge in [-0.25, -0.2) is 4.98 Å². The third-order valence-electron chi connectivity index (χ3n) is 9.02. The van der Waals surface area contributed by atoms with Crippen molar-refractivity contribution in [2.45, 2.75) is 99.8 Å². The average molecular weight is 839 g/mol. The molecule has 0 aliphatic rings. The molecule has 49 heavy (non-hydrogen) atoms. The van der Waals surface area contributed by atoms with E-state index in [1.165, 1.54) is 17.0 Å². The topological polar surface area (TPSA) is 89.1 Å². The number of pyridine rings is 1. The van der Waals surface area contributed by atoms with Gasteiger partial charge in [-0.3, -0.25) is 14.8 Å². The Hall–Kier alpha value is -3.67. The summed E-state index contributed by atoms with van der Waals surface area (Å²) >= 11 is 0. The minimum Gasteiger partial charge on any atom is -0.512 e. The maximum Gasteiger partial charge on any atom is 0.162 e. The molecule has 263 valence electrons. The van der Waals surface area contributed by atoms with E-state index in [0.717, 1.165) is 76.7 Å². The van der Waals surface area contributed by atoms with Gasteiger partial charge in [-0.1, -0.05) is 91.5 Å². The molecule has 3 aromatic heterocycles. The zero-order valence-electron chi connectivity index (χ0n) is 30.6. The molecule has 0 saturated heterocycles. The second kappa shape index (κ2) is 17.8. The van der Waals surface area contributed by atoms with Gasteiger partial charge in [0.2, 0.25) is 0 Å². The summed E-state index contributed by atoms with van der Waals surface area (Å²) < 4.78 is 5.88. The van der Waals surface area contributed by atoms with Crippen LogP contribution in [0.5, 0.6) is 0 Å². The van der Waals surface area contributed by atoms with Gasteiger partial charge < -0.3 is 9.52 Å². The van der Waals surface area contributed by atoms with E-state index in [2.05, 4.69) is 86.0 Å². The summed E-state index contributed by atoms with van der Waals surface area (Å²) in [5, 5.41) is 13.0. The summed E-state index contributed by atoms with van der Waals surface area (Å²) in [6.45, 7) is 19.2. The quantitative estimate of drug-likeness (QED) is 0.0810. The van der Waals surface area contributed by atoms with Gasteiger partial charge in [-0.05, 0) is 49.5 Å². The molecule has 0 amide bonds. The predicted octanol–water partition coefficient (Wildman–Crippen LogP) is 11.3. The number of carbonyl (C=O) groups is 1. The van der Waals surface area contributed by atoms with Crippen LogP contribution in [-0.2, 0) is 36.7 Å². The molecule has 0 unspecified atom stereocenters. The normalized spacial score (nSPS) is 12.0. The van der Waals surface area contributed by atoms with Crippen LogP contribution in [0.2, 0.25) is 0 Å². The summed E-state index contributed by atoms with van der Waals surface area (Å²) in [4.78, 5) is 25.5. The van der Waals surface area contributed by atoms with Gasteiger partial charge in [-0.15, -0.1) is 29.1 Å². The number of hydrogen-bond acceptors (Lipinski definition) is 6. The largest absolute Gasteiger partial charge is 0.512 e. The number of allylic oxidation sites excluding steroid dienone is 2. The molecule has 7 heteroatoms. The number of rotatable bonds is 11. The Morgan fingerprint density at radius 1 is 0.898 bits per heavy atom. The van der Waals surface area contributed by atoms with E-state index in [9.17, 15) is 9.90 Å². The van der Waals surface area contributed by atoms with Crippen molar-refractivity contribution in [2.24, 2.45) is 17.8 Å². The fraction of sp³-hybridized carbons (Fsp3) is 0.429. The van der Waals surface area contributed by atoms with Crippen LogP contribution in [0, 0.1) is 23.8 Å². The van der Waals surface area contributed by atoms with Crippen molar-refractivity contribution >= 4 is 27.5 Å². The third-order valence-corrected chi connectivity index (χ3v) is 9.02. The molecule has 5 aromatic rings. The first-order valence-electron chi connectivity index (χ1n) is 17.5. The van der Waals surface area contributed by atoms with Crippen LogP contribution >= 0.6 is 0 Å². The molecule has 0 bridgehead atoms. The van der Waals surface area contributed by atoms with Crippen molar-refractivity contribution < 1.29 is 34.4 Å². The van der Waals surface area contributed by atoms with Crippen molar-refractivity contribution in [1.82, 2.24) is 15.0 Å². The van der Waals surface area contributed by atoms with Crippen LogP contribution < -0.4 is 0 Å². The number of hydrogen-bond donors (Lipinski definition) is 1. The average Bonchev–Trinajstić information content (AvgIpc) is 3.48. The van der Waals surface area contributed by atoms with E-state index in [1.54, 1.807) is 12.6 Å². The Kier molecular flexibility index (Phi) is 14.5. The first-order chi connectivity index (χ1) is 22.9. The van der Waals surface area contributed by atoms with E-state index in [1.807, 2.05) is 46.0 Å². The summed E-state index contributed by atoms with van der Waals surface area (Å²) in [5.74, 6) is 1.09. The fourth-order valence-corrected chi connectivity index (χ4v) is 6.11. The second-order valence-electron chi connectivity index (χ2n) is 14.1. The molecule has 0 aliphatic carbocycles. The van der Waals surface area contributed by atoms with Crippen molar-refractivity contribution in [1.29, 1.82) is 0 Å². The molecular formula is C42H52IrN3O3-. The van der Waals surface area contributed by atoms with Crippen molar-refractivity contribution in [3.05, 3.63) is 90.4 Å². The van der Waals surface area contributed by atoms with Gasteiger partial charge in [0.1, 0.15) is 18.2 Å². The number of furan rings is 1. The molecular weight excluding hydrogens is 787 g/mol. The molecule has 0 atom stereocenters. The molecule has 6 nitrogen and oxygen atoms in total. The Morgan fingerprint density at radius 3 is 2.18 bits per heavy atom. The van der Waals surface area contributed by atoms with Crippen molar-refractivity contribution in [3.63, 3.8) is 0 Å². The van der Waals surface area contributed by atoms with Crippen molar-refractivity contribution in [2.75, 3.05) is 0 Å². The zero-order chi connectivity index (χ0) is 35.0. The number of nitrogens with zero attached hydrogens (tertiary/aromatic N) is 3. The number of aromatic nitrogens is 3. The predicted molar refractivity (Wildman–Crippen MR) is 198 cm³/mol.